The molecule has 4 rings (SSSR count). The molecule has 1 aromatic carbocycles. The second-order valence-corrected chi connectivity index (χ2v) is 9.12. The minimum atomic E-state index is -0.443. The fourth-order valence-corrected chi connectivity index (χ4v) is 4.33. The molecule has 0 bridgehead atoms. The van der Waals surface area contributed by atoms with Gasteiger partial charge in [-0.05, 0) is 77.7 Å². The molecule has 0 spiro atoms. The number of nitrogens with zero attached hydrogens (tertiary/aromatic N) is 4. The first kappa shape index (κ1) is 24.9. The van der Waals surface area contributed by atoms with Crippen LogP contribution in [-0.2, 0) is 19.4 Å². The lowest BCUT2D eigenvalue weighted by molar-refractivity contribution is 0.223. The first-order chi connectivity index (χ1) is 16.9. The molecule has 0 saturated heterocycles. The molecule has 0 fully saturated rings. The van der Waals surface area contributed by atoms with E-state index >= 15 is 0 Å². The highest BCUT2D eigenvalue weighted by Gasteiger charge is 2.20. The second-order valence-electron chi connectivity index (χ2n) is 8.21. The molecule has 0 N–H and O–H groups in total. The maximum atomic E-state index is 14.5. The van der Waals surface area contributed by atoms with Crippen molar-refractivity contribution in [3.63, 3.8) is 0 Å². The molecule has 4 aromatic rings. The van der Waals surface area contributed by atoms with Crippen LogP contribution in [0.3, 0.4) is 0 Å². The number of rotatable bonds is 9. The number of benzene rings is 1. The highest BCUT2D eigenvalue weighted by Crippen LogP contribution is 2.35. The number of halogens is 2. The fraction of sp³-hybridized carbons (Fsp3) is 0.296. The highest BCUT2D eigenvalue weighted by molar-refractivity contribution is 9.10. The lowest BCUT2D eigenvalue weighted by Crippen LogP contribution is -2.09. The lowest BCUT2D eigenvalue weighted by atomic mass is 9.94. The summed E-state index contributed by atoms with van der Waals surface area (Å²) in [6.07, 6.45) is 8.20. The van der Waals surface area contributed by atoms with Gasteiger partial charge in [0, 0.05) is 41.0 Å². The van der Waals surface area contributed by atoms with E-state index in [0.29, 0.717) is 23.5 Å². The summed E-state index contributed by atoms with van der Waals surface area (Å²) in [6.45, 7) is 6.78. The van der Waals surface area contributed by atoms with Crippen LogP contribution in [0.25, 0.3) is 11.3 Å². The predicted octanol–water partition coefficient (Wildman–Crippen LogP) is 6.56. The van der Waals surface area contributed by atoms with Crippen molar-refractivity contribution in [2.24, 2.45) is 0 Å². The van der Waals surface area contributed by atoms with Crippen LogP contribution in [-0.4, -0.2) is 26.9 Å². The Hall–Kier alpha value is -3.26. The zero-order chi connectivity index (χ0) is 24.9. The van der Waals surface area contributed by atoms with E-state index in [1.165, 1.54) is 12.1 Å². The topological polar surface area (TPSA) is 62.1 Å². The minimum Gasteiger partial charge on any atom is -0.495 e. The Labute approximate surface area is 213 Å². The maximum Gasteiger partial charge on any atom is 0.142 e. The zero-order valence-corrected chi connectivity index (χ0v) is 21.8. The molecule has 0 radical (unpaired) electrons. The SMILES string of the molecule is CCc1ncc(Br)cc1O[C@H](C)c1cc(F)ccc1-c1ncc(OC)cc1Cc1cnn(CC)c1. The molecular formula is C27H28BrFN4O2. The lowest BCUT2D eigenvalue weighted by Gasteiger charge is -2.21. The maximum absolute atomic E-state index is 14.5. The summed E-state index contributed by atoms with van der Waals surface area (Å²) >= 11 is 3.46. The van der Waals surface area contributed by atoms with E-state index in [9.17, 15) is 4.39 Å². The molecular weight excluding hydrogens is 511 g/mol. The van der Waals surface area contributed by atoms with Gasteiger partial charge in [0.1, 0.15) is 23.4 Å². The van der Waals surface area contributed by atoms with Crippen LogP contribution < -0.4 is 9.47 Å². The van der Waals surface area contributed by atoms with Crippen LogP contribution >= 0.6 is 15.9 Å². The van der Waals surface area contributed by atoms with Crippen molar-refractivity contribution in [1.29, 1.82) is 0 Å². The summed E-state index contributed by atoms with van der Waals surface area (Å²) < 4.78 is 28.9. The van der Waals surface area contributed by atoms with Crippen molar-refractivity contribution in [1.82, 2.24) is 19.7 Å². The van der Waals surface area contributed by atoms with Crippen molar-refractivity contribution in [3.05, 3.63) is 87.8 Å². The van der Waals surface area contributed by atoms with Gasteiger partial charge in [-0.1, -0.05) is 6.92 Å². The van der Waals surface area contributed by atoms with Gasteiger partial charge in [-0.25, -0.2) is 4.39 Å². The molecule has 0 aliphatic carbocycles. The standard InChI is InChI=1S/C27H28BrFN4O2/c1-5-25-26(11-20(28)14-30-25)35-17(3)24-12-21(29)7-8-23(24)27-19(10-22(34-4)15-31-27)9-18-13-32-33(6-2)16-18/h7-8,10-17H,5-6,9H2,1-4H3/t17-/m1/s1. The van der Waals surface area contributed by atoms with Gasteiger partial charge < -0.3 is 9.47 Å². The van der Waals surface area contributed by atoms with Crippen LogP contribution in [0.1, 0.15) is 49.3 Å². The van der Waals surface area contributed by atoms with Crippen LogP contribution in [0.15, 0.2) is 59.6 Å². The number of aromatic nitrogens is 4. The first-order valence-electron chi connectivity index (χ1n) is 11.6. The molecule has 3 heterocycles. The Morgan fingerprint density at radius 3 is 2.63 bits per heavy atom. The molecule has 35 heavy (non-hydrogen) atoms. The van der Waals surface area contributed by atoms with Crippen LogP contribution in [0.4, 0.5) is 4.39 Å². The van der Waals surface area contributed by atoms with Crippen LogP contribution in [0, 0.1) is 5.82 Å². The number of hydrogen-bond acceptors (Lipinski definition) is 5. The average Bonchev–Trinajstić information content (AvgIpc) is 3.32. The fourth-order valence-electron chi connectivity index (χ4n) is 4.02. The van der Waals surface area contributed by atoms with E-state index in [-0.39, 0.29) is 5.82 Å². The van der Waals surface area contributed by atoms with Gasteiger partial charge in [-0.2, -0.15) is 5.10 Å². The molecule has 182 valence electrons. The van der Waals surface area contributed by atoms with Crippen molar-refractivity contribution < 1.29 is 13.9 Å². The number of aryl methyl sites for hydroxylation is 2. The summed E-state index contributed by atoms with van der Waals surface area (Å²) in [6, 6.07) is 8.59. The minimum absolute atomic E-state index is 0.332. The predicted molar refractivity (Wildman–Crippen MR) is 137 cm³/mol. The van der Waals surface area contributed by atoms with E-state index in [4.69, 9.17) is 14.5 Å². The summed E-state index contributed by atoms with van der Waals surface area (Å²) in [5.41, 5.74) is 5.12. The van der Waals surface area contributed by atoms with Crippen molar-refractivity contribution in [2.75, 3.05) is 7.11 Å². The third kappa shape index (κ3) is 5.70. The largest absolute Gasteiger partial charge is 0.495 e. The summed E-state index contributed by atoms with van der Waals surface area (Å²) in [7, 11) is 1.62. The quantitative estimate of drug-likeness (QED) is 0.241. The van der Waals surface area contributed by atoms with Gasteiger partial charge in [-0.3, -0.25) is 14.6 Å². The van der Waals surface area contributed by atoms with E-state index in [2.05, 4.69) is 26.0 Å². The first-order valence-corrected chi connectivity index (χ1v) is 12.4. The van der Waals surface area contributed by atoms with Crippen molar-refractivity contribution >= 4 is 15.9 Å². The van der Waals surface area contributed by atoms with Gasteiger partial charge >= 0.3 is 0 Å². The Balaban J connectivity index is 1.76. The molecule has 8 heteroatoms. The van der Waals surface area contributed by atoms with Gasteiger partial charge in [0.15, 0.2) is 0 Å². The third-order valence-electron chi connectivity index (χ3n) is 5.82. The van der Waals surface area contributed by atoms with E-state index in [1.807, 2.05) is 50.0 Å². The number of hydrogen-bond donors (Lipinski definition) is 0. The van der Waals surface area contributed by atoms with Gasteiger partial charge in [0.05, 0.1) is 30.9 Å². The van der Waals surface area contributed by atoms with E-state index < -0.39 is 6.10 Å². The van der Waals surface area contributed by atoms with Gasteiger partial charge in [-0.15, -0.1) is 0 Å². The summed E-state index contributed by atoms with van der Waals surface area (Å²) in [5, 5.41) is 4.39. The molecule has 0 saturated carbocycles. The molecule has 6 nitrogen and oxygen atoms in total. The van der Waals surface area contributed by atoms with E-state index in [0.717, 1.165) is 45.5 Å². The number of methoxy groups -OCH3 is 1. The van der Waals surface area contributed by atoms with Crippen molar-refractivity contribution in [3.8, 4) is 22.8 Å². The Bertz CT molecular complexity index is 1320. The Morgan fingerprint density at radius 2 is 1.91 bits per heavy atom. The smallest absolute Gasteiger partial charge is 0.142 e. The molecule has 0 amide bonds. The zero-order valence-electron chi connectivity index (χ0n) is 20.3. The Kier molecular flexibility index (Phi) is 7.80. The summed E-state index contributed by atoms with van der Waals surface area (Å²) in [4.78, 5) is 9.17. The monoisotopic (exact) mass is 538 g/mol. The number of ether oxygens (including phenoxy) is 2. The van der Waals surface area contributed by atoms with Crippen LogP contribution in [0.2, 0.25) is 0 Å². The normalized spacial score (nSPS) is 11.9. The van der Waals surface area contributed by atoms with Crippen LogP contribution in [0.5, 0.6) is 11.5 Å². The second kappa shape index (κ2) is 11.0. The third-order valence-corrected chi connectivity index (χ3v) is 6.26. The molecule has 1 atom stereocenters. The molecule has 0 aliphatic rings. The summed E-state index contributed by atoms with van der Waals surface area (Å²) in [5.74, 6) is 0.994. The molecule has 3 aromatic heterocycles. The van der Waals surface area contributed by atoms with Gasteiger partial charge in [0.25, 0.3) is 0 Å². The molecule has 0 unspecified atom stereocenters. The van der Waals surface area contributed by atoms with Crippen molar-refractivity contribution in [2.45, 2.75) is 46.3 Å². The molecule has 0 aliphatic heterocycles. The van der Waals surface area contributed by atoms with E-state index in [1.54, 1.807) is 25.6 Å². The average molecular weight is 539 g/mol. The van der Waals surface area contributed by atoms with Gasteiger partial charge in [0.2, 0.25) is 0 Å². The Morgan fingerprint density at radius 1 is 1.09 bits per heavy atom. The number of pyridine rings is 2. The highest BCUT2D eigenvalue weighted by atomic mass is 79.9.